The van der Waals surface area contributed by atoms with Gasteiger partial charge >= 0.3 is 0 Å². The van der Waals surface area contributed by atoms with Crippen molar-refractivity contribution in [2.24, 2.45) is 17.9 Å². The number of aromatic nitrogens is 2. The van der Waals surface area contributed by atoms with Crippen molar-refractivity contribution in [3.8, 4) is 0 Å². The van der Waals surface area contributed by atoms with Gasteiger partial charge in [-0.15, -0.1) is 0 Å². The Morgan fingerprint density at radius 3 is 2.89 bits per heavy atom. The van der Waals surface area contributed by atoms with Crippen LogP contribution in [0.15, 0.2) is 44.2 Å². The molecule has 0 spiro atoms. The molecule has 0 aliphatic carbocycles. The molecule has 0 amide bonds. The molecule has 0 saturated carbocycles. The SMILES string of the molecule is Cn1ccnc1Sc1ccc(/C(N)=N/O)c(Br)c1F. The second kappa shape index (κ2) is 5.62. The van der Waals surface area contributed by atoms with Gasteiger partial charge in [-0.05, 0) is 39.8 Å². The molecule has 0 unspecified atom stereocenters. The third-order valence-electron chi connectivity index (χ3n) is 2.41. The standard InChI is InChI=1S/C11H10BrFN4OS/c1-17-5-4-15-11(17)19-7-3-2-6(10(14)16-18)8(12)9(7)13/h2-5,18H,1H3,(H2,14,16). The molecule has 1 aromatic carbocycles. The van der Waals surface area contributed by atoms with Gasteiger partial charge < -0.3 is 15.5 Å². The summed E-state index contributed by atoms with van der Waals surface area (Å²) >= 11 is 4.30. The van der Waals surface area contributed by atoms with E-state index in [1.54, 1.807) is 29.1 Å². The second-order valence-corrected chi connectivity index (χ2v) is 5.45. The van der Waals surface area contributed by atoms with Gasteiger partial charge in [0.1, 0.15) is 0 Å². The summed E-state index contributed by atoms with van der Waals surface area (Å²) in [7, 11) is 1.83. The van der Waals surface area contributed by atoms with Crippen molar-refractivity contribution in [1.29, 1.82) is 0 Å². The Hall–Kier alpha value is -1.54. The first kappa shape index (κ1) is 13.9. The summed E-state index contributed by atoms with van der Waals surface area (Å²) in [4.78, 5) is 4.51. The van der Waals surface area contributed by atoms with E-state index in [-0.39, 0.29) is 10.3 Å². The monoisotopic (exact) mass is 344 g/mol. The van der Waals surface area contributed by atoms with Crippen LogP contribution in [0.5, 0.6) is 0 Å². The van der Waals surface area contributed by atoms with Gasteiger partial charge in [-0.3, -0.25) is 0 Å². The Kier molecular flexibility index (Phi) is 4.11. The smallest absolute Gasteiger partial charge is 0.172 e. The van der Waals surface area contributed by atoms with Crippen LogP contribution in [0.25, 0.3) is 0 Å². The molecule has 0 atom stereocenters. The van der Waals surface area contributed by atoms with Crippen molar-refractivity contribution < 1.29 is 9.60 Å². The molecule has 0 bridgehead atoms. The van der Waals surface area contributed by atoms with Crippen LogP contribution in [0.3, 0.4) is 0 Å². The van der Waals surface area contributed by atoms with Crippen LogP contribution in [0.2, 0.25) is 0 Å². The van der Waals surface area contributed by atoms with Crippen molar-refractivity contribution in [2.45, 2.75) is 10.1 Å². The maximum atomic E-state index is 14.2. The molecule has 0 radical (unpaired) electrons. The largest absolute Gasteiger partial charge is 0.409 e. The van der Waals surface area contributed by atoms with Crippen LogP contribution in [0, 0.1) is 5.82 Å². The van der Waals surface area contributed by atoms with E-state index in [4.69, 9.17) is 10.9 Å². The first-order chi connectivity index (χ1) is 9.04. The predicted molar refractivity (Wildman–Crippen MR) is 73.9 cm³/mol. The lowest BCUT2D eigenvalue weighted by atomic mass is 10.2. The van der Waals surface area contributed by atoms with E-state index in [0.29, 0.717) is 15.6 Å². The number of aryl methyl sites for hydroxylation is 1. The van der Waals surface area contributed by atoms with E-state index in [1.165, 1.54) is 11.8 Å². The molecule has 19 heavy (non-hydrogen) atoms. The fourth-order valence-electron chi connectivity index (χ4n) is 1.41. The van der Waals surface area contributed by atoms with Crippen LogP contribution >= 0.6 is 27.7 Å². The number of rotatable bonds is 3. The summed E-state index contributed by atoms with van der Waals surface area (Å²) in [5.74, 6) is -0.628. The minimum Gasteiger partial charge on any atom is -0.409 e. The highest BCUT2D eigenvalue weighted by Crippen LogP contribution is 2.33. The molecule has 1 heterocycles. The number of oxime groups is 1. The summed E-state index contributed by atoms with van der Waals surface area (Å²) in [5.41, 5.74) is 5.75. The number of benzene rings is 1. The van der Waals surface area contributed by atoms with Crippen molar-refractivity contribution in [2.75, 3.05) is 0 Å². The van der Waals surface area contributed by atoms with Gasteiger partial charge in [-0.25, -0.2) is 9.37 Å². The molecule has 0 saturated heterocycles. The molecule has 2 rings (SSSR count). The lowest BCUT2D eigenvalue weighted by Crippen LogP contribution is -2.14. The molecule has 2 aromatic rings. The van der Waals surface area contributed by atoms with E-state index < -0.39 is 5.82 Å². The molecule has 3 N–H and O–H groups in total. The number of amidine groups is 1. The summed E-state index contributed by atoms with van der Waals surface area (Å²) in [6.07, 6.45) is 3.42. The van der Waals surface area contributed by atoms with Crippen molar-refractivity contribution in [1.82, 2.24) is 9.55 Å². The second-order valence-electron chi connectivity index (χ2n) is 3.65. The first-order valence-electron chi connectivity index (χ1n) is 5.15. The van der Waals surface area contributed by atoms with Crippen LogP contribution in [-0.4, -0.2) is 20.6 Å². The van der Waals surface area contributed by atoms with E-state index in [2.05, 4.69) is 26.1 Å². The van der Waals surface area contributed by atoms with Crippen molar-refractivity contribution in [3.63, 3.8) is 0 Å². The topological polar surface area (TPSA) is 76.4 Å². The van der Waals surface area contributed by atoms with Crippen LogP contribution in [0.1, 0.15) is 5.56 Å². The lowest BCUT2D eigenvalue weighted by molar-refractivity contribution is 0.318. The third-order valence-corrected chi connectivity index (χ3v) is 4.30. The summed E-state index contributed by atoms with van der Waals surface area (Å²) in [6.45, 7) is 0. The highest BCUT2D eigenvalue weighted by molar-refractivity contribution is 9.10. The van der Waals surface area contributed by atoms with Crippen molar-refractivity contribution >= 4 is 33.5 Å². The summed E-state index contributed by atoms with van der Waals surface area (Å²) in [6, 6.07) is 3.14. The van der Waals surface area contributed by atoms with E-state index >= 15 is 0 Å². The zero-order valence-corrected chi connectivity index (χ0v) is 12.2. The maximum Gasteiger partial charge on any atom is 0.172 e. The first-order valence-corrected chi connectivity index (χ1v) is 6.76. The highest BCUT2D eigenvalue weighted by atomic mass is 79.9. The Balaban J connectivity index is 2.39. The molecule has 100 valence electrons. The maximum absolute atomic E-state index is 14.2. The van der Waals surface area contributed by atoms with Gasteiger partial charge in [-0.2, -0.15) is 0 Å². The lowest BCUT2D eigenvalue weighted by Gasteiger charge is -2.08. The van der Waals surface area contributed by atoms with Crippen LogP contribution in [0.4, 0.5) is 4.39 Å². The average Bonchev–Trinajstić information content (AvgIpc) is 2.80. The number of nitrogens with zero attached hydrogens (tertiary/aromatic N) is 3. The predicted octanol–water partition coefficient (Wildman–Crippen LogP) is 2.57. The molecule has 5 nitrogen and oxygen atoms in total. The molecule has 0 aliphatic rings. The quantitative estimate of drug-likeness (QED) is 0.388. The van der Waals surface area contributed by atoms with Gasteiger partial charge in [0.05, 0.1) is 9.37 Å². The Labute approximate surface area is 121 Å². The van der Waals surface area contributed by atoms with E-state index in [9.17, 15) is 4.39 Å². The Bertz CT molecular complexity index is 644. The van der Waals surface area contributed by atoms with Gasteiger partial charge in [0.2, 0.25) is 0 Å². The zero-order valence-electron chi connectivity index (χ0n) is 9.84. The fourth-order valence-corrected chi connectivity index (χ4v) is 2.93. The van der Waals surface area contributed by atoms with Crippen molar-refractivity contribution in [3.05, 3.63) is 40.4 Å². The minimum atomic E-state index is -0.475. The third kappa shape index (κ3) is 2.74. The van der Waals surface area contributed by atoms with Crippen LogP contribution in [-0.2, 0) is 7.05 Å². The number of halogens is 2. The van der Waals surface area contributed by atoms with Gasteiger partial charge in [-0.1, -0.05) is 5.16 Å². The van der Waals surface area contributed by atoms with Gasteiger partial charge in [0.15, 0.2) is 16.8 Å². The zero-order chi connectivity index (χ0) is 14.0. The average molecular weight is 345 g/mol. The molecular weight excluding hydrogens is 335 g/mol. The van der Waals surface area contributed by atoms with Crippen LogP contribution < -0.4 is 5.73 Å². The molecular formula is C11H10BrFN4OS. The number of hydrogen-bond acceptors (Lipinski definition) is 4. The normalized spacial score (nSPS) is 11.8. The minimum absolute atomic E-state index is 0.153. The molecule has 0 aliphatic heterocycles. The number of nitrogens with two attached hydrogens (primary N) is 1. The summed E-state index contributed by atoms with van der Waals surface area (Å²) < 4.78 is 16.1. The molecule has 0 fully saturated rings. The van der Waals surface area contributed by atoms with Gasteiger partial charge in [0.25, 0.3) is 0 Å². The van der Waals surface area contributed by atoms with Gasteiger partial charge in [0, 0.05) is 25.0 Å². The Morgan fingerprint density at radius 2 is 2.32 bits per heavy atom. The summed E-state index contributed by atoms with van der Waals surface area (Å²) in [5, 5.41) is 12.1. The fraction of sp³-hybridized carbons (Fsp3) is 0.0909. The molecule has 1 aromatic heterocycles. The number of imidazole rings is 1. The van der Waals surface area contributed by atoms with E-state index in [1.807, 2.05) is 7.05 Å². The number of hydrogen-bond donors (Lipinski definition) is 2. The molecule has 8 heteroatoms. The Morgan fingerprint density at radius 1 is 1.58 bits per heavy atom. The highest BCUT2D eigenvalue weighted by Gasteiger charge is 2.16. The van der Waals surface area contributed by atoms with E-state index in [0.717, 1.165) is 0 Å².